The molecule has 2 N–H and O–H groups in total. The van der Waals surface area contributed by atoms with E-state index >= 15 is 0 Å². The molecular weight excluding hydrogens is 272 g/mol. The lowest BCUT2D eigenvalue weighted by molar-refractivity contribution is -0.109. The van der Waals surface area contributed by atoms with Gasteiger partial charge in [0, 0.05) is 18.6 Å². The second-order valence-electron chi connectivity index (χ2n) is 4.02. The molecule has 5 heteroatoms. The van der Waals surface area contributed by atoms with Crippen molar-refractivity contribution in [3.8, 4) is 0 Å². The zero-order valence-electron chi connectivity index (χ0n) is 10.2. The molecule has 1 aromatic rings. The zero-order chi connectivity index (χ0) is 13.5. The fraction of sp³-hybridized carbons (Fsp3) is 0.462. The van der Waals surface area contributed by atoms with Gasteiger partial charge >= 0.3 is 0 Å². The highest BCUT2D eigenvalue weighted by Crippen LogP contribution is 2.21. The summed E-state index contributed by atoms with van der Waals surface area (Å²) in [6.45, 7) is 1.48. The molecule has 2 unspecified atom stereocenters. The SMILES string of the molecule is CC(=O)SCCC(O)C(O)c1ccc(CCl)cc1. The van der Waals surface area contributed by atoms with Gasteiger partial charge in [-0.1, -0.05) is 36.0 Å². The van der Waals surface area contributed by atoms with Crippen LogP contribution in [-0.2, 0) is 10.7 Å². The molecule has 0 aliphatic carbocycles. The molecule has 100 valence electrons. The highest BCUT2D eigenvalue weighted by Gasteiger charge is 2.18. The number of alkyl halides is 1. The van der Waals surface area contributed by atoms with Crippen molar-refractivity contribution in [1.29, 1.82) is 0 Å². The van der Waals surface area contributed by atoms with Gasteiger partial charge in [-0.3, -0.25) is 4.79 Å². The third-order valence-electron chi connectivity index (χ3n) is 2.56. The predicted molar refractivity (Wildman–Crippen MR) is 74.7 cm³/mol. The molecule has 0 spiro atoms. The van der Waals surface area contributed by atoms with Gasteiger partial charge in [0.25, 0.3) is 0 Å². The van der Waals surface area contributed by atoms with Crippen LogP contribution in [0.1, 0.15) is 30.6 Å². The van der Waals surface area contributed by atoms with Crippen LogP contribution in [0.15, 0.2) is 24.3 Å². The first-order chi connectivity index (χ1) is 8.54. The van der Waals surface area contributed by atoms with E-state index in [1.807, 2.05) is 12.1 Å². The van der Waals surface area contributed by atoms with E-state index in [0.29, 0.717) is 23.6 Å². The van der Waals surface area contributed by atoms with E-state index < -0.39 is 12.2 Å². The second kappa shape index (κ2) is 7.79. The molecule has 0 aliphatic rings. The molecule has 0 amide bonds. The van der Waals surface area contributed by atoms with Gasteiger partial charge < -0.3 is 10.2 Å². The molecule has 0 heterocycles. The Morgan fingerprint density at radius 3 is 2.44 bits per heavy atom. The largest absolute Gasteiger partial charge is 0.390 e. The van der Waals surface area contributed by atoms with Gasteiger partial charge in [0.2, 0.25) is 0 Å². The fourth-order valence-corrected chi connectivity index (χ4v) is 2.33. The van der Waals surface area contributed by atoms with Crippen LogP contribution in [-0.4, -0.2) is 27.2 Å². The number of hydrogen-bond acceptors (Lipinski definition) is 4. The monoisotopic (exact) mass is 288 g/mol. The third kappa shape index (κ3) is 4.98. The minimum Gasteiger partial charge on any atom is -0.390 e. The summed E-state index contributed by atoms with van der Waals surface area (Å²) in [7, 11) is 0. The molecule has 0 fully saturated rings. The van der Waals surface area contributed by atoms with Crippen LogP contribution >= 0.6 is 23.4 Å². The van der Waals surface area contributed by atoms with Gasteiger partial charge in [0.1, 0.15) is 6.10 Å². The van der Waals surface area contributed by atoms with Crippen molar-refractivity contribution in [2.75, 3.05) is 5.75 Å². The number of aliphatic hydroxyl groups is 2. The van der Waals surface area contributed by atoms with Crippen LogP contribution in [0.25, 0.3) is 0 Å². The molecule has 0 saturated heterocycles. The molecule has 0 radical (unpaired) electrons. The van der Waals surface area contributed by atoms with E-state index in [9.17, 15) is 15.0 Å². The number of carbonyl (C=O) groups excluding carboxylic acids is 1. The summed E-state index contributed by atoms with van der Waals surface area (Å²) in [4.78, 5) is 10.7. The first-order valence-electron chi connectivity index (χ1n) is 5.69. The van der Waals surface area contributed by atoms with E-state index in [-0.39, 0.29) is 5.12 Å². The lowest BCUT2D eigenvalue weighted by Crippen LogP contribution is -2.19. The van der Waals surface area contributed by atoms with Gasteiger partial charge in [-0.05, 0) is 17.5 Å². The Bertz CT molecular complexity index is 380. The Morgan fingerprint density at radius 2 is 1.94 bits per heavy atom. The first kappa shape index (κ1) is 15.5. The molecule has 1 rings (SSSR count). The quantitative estimate of drug-likeness (QED) is 0.790. The van der Waals surface area contributed by atoms with Gasteiger partial charge in [-0.2, -0.15) is 0 Å². The van der Waals surface area contributed by atoms with E-state index in [1.54, 1.807) is 12.1 Å². The van der Waals surface area contributed by atoms with Crippen LogP contribution in [0.5, 0.6) is 0 Å². The van der Waals surface area contributed by atoms with Gasteiger partial charge in [0.15, 0.2) is 5.12 Å². The topological polar surface area (TPSA) is 57.5 Å². The van der Waals surface area contributed by atoms with Crippen molar-refractivity contribution in [3.63, 3.8) is 0 Å². The molecule has 0 aromatic heterocycles. The highest BCUT2D eigenvalue weighted by atomic mass is 35.5. The maximum atomic E-state index is 10.7. The molecule has 0 bridgehead atoms. The molecule has 18 heavy (non-hydrogen) atoms. The van der Waals surface area contributed by atoms with Crippen LogP contribution in [0.2, 0.25) is 0 Å². The number of benzene rings is 1. The van der Waals surface area contributed by atoms with Crippen molar-refractivity contribution < 1.29 is 15.0 Å². The summed E-state index contributed by atoms with van der Waals surface area (Å²) in [6, 6.07) is 7.15. The highest BCUT2D eigenvalue weighted by molar-refractivity contribution is 8.13. The van der Waals surface area contributed by atoms with E-state index in [1.165, 1.54) is 6.92 Å². The predicted octanol–water partition coefficient (Wildman–Crippen LogP) is 2.49. The summed E-state index contributed by atoms with van der Waals surface area (Å²) < 4.78 is 0. The van der Waals surface area contributed by atoms with Crippen molar-refractivity contribution in [1.82, 2.24) is 0 Å². The van der Waals surface area contributed by atoms with E-state index in [2.05, 4.69) is 0 Å². The lowest BCUT2D eigenvalue weighted by Gasteiger charge is -2.18. The van der Waals surface area contributed by atoms with Crippen LogP contribution < -0.4 is 0 Å². The Morgan fingerprint density at radius 1 is 1.33 bits per heavy atom. The third-order valence-corrected chi connectivity index (χ3v) is 3.71. The summed E-state index contributed by atoms with van der Waals surface area (Å²) in [5, 5.41) is 19.8. The number of halogens is 1. The Balaban J connectivity index is 2.51. The maximum absolute atomic E-state index is 10.7. The molecule has 0 saturated carbocycles. The zero-order valence-corrected chi connectivity index (χ0v) is 11.7. The number of aliphatic hydroxyl groups excluding tert-OH is 2. The number of carbonyl (C=O) groups is 1. The summed E-state index contributed by atoms with van der Waals surface area (Å²) >= 11 is 6.82. The minimum atomic E-state index is -0.929. The average Bonchev–Trinajstić information content (AvgIpc) is 2.37. The van der Waals surface area contributed by atoms with Crippen molar-refractivity contribution >= 4 is 28.5 Å². The van der Waals surface area contributed by atoms with E-state index in [4.69, 9.17) is 11.6 Å². The lowest BCUT2D eigenvalue weighted by atomic mass is 10.0. The summed E-state index contributed by atoms with van der Waals surface area (Å²) in [5.74, 6) is 0.932. The summed E-state index contributed by atoms with van der Waals surface area (Å²) in [6.07, 6.45) is -1.41. The number of thioether (sulfide) groups is 1. The smallest absolute Gasteiger partial charge is 0.185 e. The Kier molecular flexibility index (Phi) is 6.71. The van der Waals surface area contributed by atoms with E-state index in [0.717, 1.165) is 17.3 Å². The van der Waals surface area contributed by atoms with Crippen molar-refractivity contribution in [2.45, 2.75) is 31.4 Å². The molecule has 0 aliphatic heterocycles. The van der Waals surface area contributed by atoms with Crippen molar-refractivity contribution in [2.24, 2.45) is 0 Å². The van der Waals surface area contributed by atoms with Gasteiger partial charge in [-0.25, -0.2) is 0 Å². The Labute approximate surface area is 116 Å². The van der Waals surface area contributed by atoms with Crippen LogP contribution in [0.3, 0.4) is 0 Å². The first-order valence-corrected chi connectivity index (χ1v) is 7.21. The number of rotatable bonds is 6. The second-order valence-corrected chi connectivity index (χ2v) is 5.56. The van der Waals surface area contributed by atoms with Crippen LogP contribution in [0, 0.1) is 0 Å². The summed E-state index contributed by atoms with van der Waals surface area (Å²) in [5.41, 5.74) is 1.62. The molecule has 2 atom stereocenters. The fourth-order valence-electron chi connectivity index (χ4n) is 1.51. The average molecular weight is 289 g/mol. The van der Waals surface area contributed by atoms with Gasteiger partial charge in [-0.15, -0.1) is 11.6 Å². The minimum absolute atomic E-state index is 0.0168. The maximum Gasteiger partial charge on any atom is 0.185 e. The standard InChI is InChI=1S/C13H17ClO3S/c1-9(15)18-7-6-12(16)13(17)11-4-2-10(8-14)3-5-11/h2-5,12-13,16-17H,6-8H2,1H3. The molecule has 3 nitrogen and oxygen atoms in total. The van der Waals surface area contributed by atoms with Crippen LogP contribution in [0.4, 0.5) is 0 Å². The number of hydrogen-bond donors (Lipinski definition) is 2. The molecular formula is C13H17ClO3S. The van der Waals surface area contributed by atoms with Gasteiger partial charge in [0.05, 0.1) is 6.10 Å². The molecule has 1 aromatic carbocycles. The Hall–Kier alpha value is -0.550. The normalized spacial score (nSPS) is 14.2. The van der Waals surface area contributed by atoms with Crippen molar-refractivity contribution in [3.05, 3.63) is 35.4 Å².